The van der Waals surface area contributed by atoms with Crippen molar-refractivity contribution in [2.75, 3.05) is 5.32 Å². The molecule has 1 aliphatic heterocycles. The molecule has 3 heterocycles. The van der Waals surface area contributed by atoms with Crippen molar-refractivity contribution in [3.8, 4) is 17.2 Å². The van der Waals surface area contributed by atoms with Crippen LogP contribution in [-0.4, -0.2) is 30.9 Å². The van der Waals surface area contributed by atoms with Gasteiger partial charge in [0.15, 0.2) is 0 Å². The molecule has 0 saturated heterocycles. The number of carbonyl (C=O) groups excluding carboxylic acids is 1. The molecular formula is C22H16F2N6O. The summed E-state index contributed by atoms with van der Waals surface area (Å²) in [6.45, 7) is 1.76. The molecule has 31 heavy (non-hydrogen) atoms. The van der Waals surface area contributed by atoms with Crippen LogP contribution in [0.2, 0.25) is 0 Å². The van der Waals surface area contributed by atoms with Gasteiger partial charge >= 0.3 is 0 Å². The topological polar surface area (TPSA) is 85.6 Å². The van der Waals surface area contributed by atoms with Gasteiger partial charge in [0.2, 0.25) is 5.91 Å². The molecule has 1 N–H and O–H groups in total. The Morgan fingerprint density at radius 1 is 1.13 bits per heavy atom. The average molecular weight is 418 g/mol. The van der Waals surface area contributed by atoms with Crippen molar-refractivity contribution in [1.29, 1.82) is 0 Å². The van der Waals surface area contributed by atoms with E-state index in [1.165, 1.54) is 23.0 Å². The summed E-state index contributed by atoms with van der Waals surface area (Å²) in [5, 5.41) is 15.4. The fourth-order valence-corrected chi connectivity index (χ4v) is 3.87. The van der Waals surface area contributed by atoms with Gasteiger partial charge in [0.05, 0.1) is 17.6 Å². The second-order valence-electron chi connectivity index (χ2n) is 7.24. The second-order valence-corrected chi connectivity index (χ2v) is 7.24. The van der Waals surface area contributed by atoms with E-state index in [9.17, 15) is 13.6 Å². The molecule has 0 radical (unpaired) electrons. The summed E-state index contributed by atoms with van der Waals surface area (Å²) in [5.74, 6) is -1.77. The van der Waals surface area contributed by atoms with Gasteiger partial charge in [0.25, 0.3) is 5.95 Å². The Morgan fingerprint density at radius 3 is 2.71 bits per heavy atom. The van der Waals surface area contributed by atoms with Gasteiger partial charge in [-0.25, -0.2) is 13.8 Å². The van der Waals surface area contributed by atoms with Crippen LogP contribution in [0.4, 0.5) is 14.6 Å². The number of hydrogen-bond donors (Lipinski definition) is 1. The number of anilines is 1. The summed E-state index contributed by atoms with van der Waals surface area (Å²) in [4.78, 5) is 17.0. The van der Waals surface area contributed by atoms with Crippen LogP contribution in [0.3, 0.4) is 0 Å². The van der Waals surface area contributed by atoms with Gasteiger partial charge in [0, 0.05) is 29.5 Å². The predicted octanol–water partition coefficient (Wildman–Crippen LogP) is 3.79. The number of benzene rings is 2. The molecule has 0 spiro atoms. The lowest BCUT2D eigenvalue weighted by atomic mass is 9.85. The van der Waals surface area contributed by atoms with Gasteiger partial charge in [-0.05, 0) is 18.6 Å². The lowest BCUT2D eigenvalue weighted by molar-refractivity contribution is -0.116. The monoisotopic (exact) mass is 418 g/mol. The summed E-state index contributed by atoms with van der Waals surface area (Å²) < 4.78 is 29.3. The van der Waals surface area contributed by atoms with E-state index in [0.29, 0.717) is 22.8 Å². The molecule has 0 aliphatic carbocycles. The van der Waals surface area contributed by atoms with E-state index in [2.05, 4.69) is 25.6 Å². The van der Waals surface area contributed by atoms with Crippen molar-refractivity contribution >= 4 is 11.7 Å². The summed E-state index contributed by atoms with van der Waals surface area (Å²) >= 11 is 0. The number of fused-ring (bicyclic) bond motifs is 1. The van der Waals surface area contributed by atoms with Gasteiger partial charge in [0.1, 0.15) is 17.5 Å². The number of nitrogens with zero attached hydrogens (tertiary/aromatic N) is 5. The molecule has 9 heteroatoms. The molecule has 2 aromatic heterocycles. The number of amides is 1. The van der Waals surface area contributed by atoms with Gasteiger partial charge < -0.3 is 5.32 Å². The standard InChI is InChI=1S/C22H16F2N6O/c1-12-20-16(15-8-7-14(23)9-17(15)24)10-19(31)27-21(20)30(29-12)22-26-18(11-25-28-22)13-5-3-2-4-6-13/h2-9,11,16H,10H2,1H3,(H,27,31)/t16-/m0/s1. The van der Waals surface area contributed by atoms with Crippen LogP contribution >= 0.6 is 0 Å². The second kappa shape index (κ2) is 7.35. The van der Waals surface area contributed by atoms with Crippen molar-refractivity contribution < 1.29 is 13.6 Å². The zero-order chi connectivity index (χ0) is 21.5. The normalized spacial score (nSPS) is 15.5. The summed E-state index contributed by atoms with van der Waals surface area (Å²) in [7, 11) is 0. The summed E-state index contributed by atoms with van der Waals surface area (Å²) in [6, 6.07) is 12.8. The van der Waals surface area contributed by atoms with Crippen molar-refractivity contribution in [3.63, 3.8) is 0 Å². The molecule has 0 saturated carbocycles. The smallest absolute Gasteiger partial charge is 0.272 e. The van der Waals surface area contributed by atoms with Crippen LogP contribution in [0.1, 0.15) is 29.2 Å². The Morgan fingerprint density at radius 2 is 1.94 bits per heavy atom. The Hall–Kier alpha value is -4.01. The number of aromatic nitrogens is 5. The lowest BCUT2D eigenvalue weighted by Crippen LogP contribution is -2.25. The highest BCUT2D eigenvalue weighted by molar-refractivity contribution is 5.95. The van der Waals surface area contributed by atoms with Crippen molar-refractivity contribution in [2.45, 2.75) is 19.3 Å². The minimum atomic E-state index is -0.707. The SMILES string of the molecule is Cc1nn(-c2nncc(-c3ccccc3)n2)c2c1[C@H](c1ccc(F)cc1F)CC(=O)N2. The van der Waals surface area contributed by atoms with Crippen molar-refractivity contribution in [3.05, 3.63) is 83.2 Å². The number of hydrogen-bond acceptors (Lipinski definition) is 5. The molecule has 0 fully saturated rings. The number of aryl methyl sites for hydroxylation is 1. The summed E-state index contributed by atoms with van der Waals surface area (Å²) in [5.41, 5.74) is 2.90. The molecule has 0 unspecified atom stereocenters. The zero-order valence-corrected chi connectivity index (χ0v) is 16.4. The van der Waals surface area contributed by atoms with Crippen molar-refractivity contribution in [2.24, 2.45) is 0 Å². The van der Waals surface area contributed by atoms with E-state index >= 15 is 0 Å². The minimum absolute atomic E-state index is 0.0191. The highest BCUT2D eigenvalue weighted by atomic mass is 19.1. The first kappa shape index (κ1) is 19.0. The molecule has 4 aromatic rings. The number of rotatable bonds is 3. The fraction of sp³-hybridized carbons (Fsp3) is 0.136. The van der Waals surface area contributed by atoms with Crippen LogP contribution in [0.5, 0.6) is 0 Å². The highest BCUT2D eigenvalue weighted by Crippen LogP contribution is 2.40. The van der Waals surface area contributed by atoms with Gasteiger partial charge in [-0.15, -0.1) is 5.10 Å². The summed E-state index contributed by atoms with van der Waals surface area (Å²) in [6.07, 6.45) is 1.56. The van der Waals surface area contributed by atoms with E-state index in [-0.39, 0.29) is 23.8 Å². The molecule has 2 aromatic carbocycles. The van der Waals surface area contributed by atoms with E-state index < -0.39 is 17.6 Å². The van der Waals surface area contributed by atoms with Gasteiger partial charge in [-0.3, -0.25) is 4.79 Å². The third-order valence-corrected chi connectivity index (χ3v) is 5.25. The van der Waals surface area contributed by atoms with Crippen LogP contribution < -0.4 is 5.32 Å². The molecule has 1 amide bonds. The van der Waals surface area contributed by atoms with Crippen LogP contribution in [0.15, 0.2) is 54.7 Å². The van der Waals surface area contributed by atoms with E-state index in [1.807, 2.05) is 30.3 Å². The van der Waals surface area contributed by atoms with E-state index in [0.717, 1.165) is 11.6 Å². The van der Waals surface area contributed by atoms with E-state index in [1.54, 1.807) is 6.92 Å². The molecule has 1 atom stereocenters. The largest absolute Gasteiger partial charge is 0.310 e. The first-order valence-electron chi connectivity index (χ1n) is 9.61. The average Bonchev–Trinajstić information content (AvgIpc) is 3.10. The van der Waals surface area contributed by atoms with Gasteiger partial charge in [-0.2, -0.15) is 14.9 Å². The van der Waals surface area contributed by atoms with Gasteiger partial charge in [-0.1, -0.05) is 36.4 Å². The first-order valence-corrected chi connectivity index (χ1v) is 9.61. The fourth-order valence-electron chi connectivity index (χ4n) is 3.87. The van der Waals surface area contributed by atoms with Crippen molar-refractivity contribution in [1.82, 2.24) is 25.0 Å². The molecular weight excluding hydrogens is 402 g/mol. The maximum absolute atomic E-state index is 14.5. The van der Waals surface area contributed by atoms with Crippen LogP contribution in [0, 0.1) is 18.6 Å². The third-order valence-electron chi connectivity index (χ3n) is 5.25. The molecule has 5 rings (SSSR count). The predicted molar refractivity (Wildman–Crippen MR) is 109 cm³/mol. The lowest BCUT2D eigenvalue weighted by Gasteiger charge is -2.24. The molecule has 7 nitrogen and oxygen atoms in total. The minimum Gasteiger partial charge on any atom is -0.310 e. The number of halogens is 2. The Bertz CT molecular complexity index is 1300. The molecule has 0 bridgehead atoms. The number of nitrogens with one attached hydrogen (secondary N) is 1. The quantitative estimate of drug-likeness (QED) is 0.547. The highest BCUT2D eigenvalue weighted by Gasteiger charge is 2.34. The number of carbonyl (C=O) groups is 1. The first-order chi connectivity index (χ1) is 15.0. The van der Waals surface area contributed by atoms with Crippen LogP contribution in [-0.2, 0) is 4.79 Å². The van der Waals surface area contributed by atoms with Crippen LogP contribution in [0.25, 0.3) is 17.2 Å². The zero-order valence-electron chi connectivity index (χ0n) is 16.4. The van der Waals surface area contributed by atoms with E-state index in [4.69, 9.17) is 0 Å². The molecule has 154 valence electrons. The molecule has 1 aliphatic rings. The Kier molecular flexibility index (Phi) is 4.50. The Labute approximate surface area is 175 Å². The maximum atomic E-state index is 14.5. The Balaban J connectivity index is 1.64. The third kappa shape index (κ3) is 3.33. The maximum Gasteiger partial charge on any atom is 0.272 e.